The number of halogens is 2. The lowest BCUT2D eigenvalue weighted by Crippen LogP contribution is -2.52. The molecule has 1 aromatic rings. The predicted octanol–water partition coefficient (Wildman–Crippen LogP) is 2.79. The second kappa shape index (κ2) is 8.61. The zero-order valence-corrected chi connectivity index (χ0v) is 14.2. The van der Waals surface area contributed by atoms with Crippen LogP contribution in [0.3, 0.4) is 0 Å². The van der Waals surface area contributed by atoms with E-state index in [0.29, 0.717) is 48.0 Å². The second-order valence-corrected chi connectivity index (χ2v) is 6.60. The van der Waals surface area contributed by atoms with Gasteiger partial charge in [-0.2, -0.15) is 8.78 Å². The Labute approximate surface area is 139 Å². The molecule has 1 atom stereocenters. The molecule has 1 aliphatic rings. The van der Waals surface area contributed by atoms with Crippen molar-refractivity contribution < 1.29 is 18.3 Å². The molecule has 1 aliphatic heterocycles. The van der Waals surface area contributed by atoms with Crippen LogP contribution in [0.5, 0.6) is 0 Å². The first kappa shape index (κ1) is 18.2. The number of thioether (sulfide) groups is 1. The Morgan fingerprint density at radius 3 is 2.35 bits per heavy atom. The lowest BCUT2D eigenvalue weighted by atomic mass is 10.1. The molecule has 1 saturated heterocycles. The number of amides is 1. The molecule has 1 heterocycles. The van der Waals surface area contributed by atoms with Crippen LogP contribution in [0, 0.1) is 0 Å². The monoisotopic (exact) mass is 344 g/mol. The normalized spacial score (nSPS) is 17.5. The number of rotatable bonds is 6. The van der Waals surface area contributed by atoms with Crippen molar-refractivity contribution in [3.8, 4) is 0 Å². The maximum absolute atomic E-state index is 12.5. The van der Waals surface area contributed by atoms with Crippen LogP contribution in [0.4, 0.5) is 8.78 Å². The van der Waals surface area contributed by atoms with Crippen LogP contribution in [0.1, 0.15) is 17.3 Å². The van der Waals surface area contributed by atoms with Gasteiger partial charge in [-0.15, -0.1) is 0 Å². The van der Waals surface area contributed by atoms with E-state index in [1.54, 1.807) is 31.4 Å². The van der Waals surface area contributed by atoms with E-state index in [4.69, 9.17) is 4.74 Å². The number of methoxy groups -OCH3 is 1. The van der Waals surface area contributed by atoms with Gasteiger partial charge in [0.1, 0.15) is 0 Å². The van der Waals surface area contributed by atoms with Crippen molar-refractivity contribution in [2.24, 2.45) is 0 Å². The Hall–Kier alpha value is -1.18. The van der Waals surface area contributed by atoms with Gasteiger partial charge in [0.15, 0.2) is 0 Å². The molecular weight excluding hydrogens is 322 g/mol. The van der Waals surface area contributed by atoms with Gasteiger partial charge in [-0.1, -0.05) is 11.8 Å². The molecule has 0 aliphatic carbocycles. The second-order valence-electron chi connectivity index (χ2n) is 5.54. The molecule has 0 saturated carbocycles. The van der Waals surface area contributed by atoms with E-state index in [-0.39, 0.29) is 5.91 Å². The van der Waals surface area contributed by atoms with Crippen LogP contribution in [0.2, 0.25) is 0 Å². The minimum atomic E-state index is -2.45. The molecule has 1 aromatic carbocycles. The summed E-state index contributed by atoms with van der Waals surface area (Å²) in [6.45, 7) is 5.75. The van der Waals surface area contributed by atoms with Crippen LogP contribution < -0.4 is 0 Å². The molecular formula is C16H22F2N2O2S. The van der Waals surface area contributed by atoms with Crippen LogP contribution in [-0.4, -0.2) is 67.4 Å². The third-order valence-electron chi connectivity index (χ3n) is 3.96. The van der Waals surface area contributed by atoms with Crippen LogP contribution in [0.25, 0.3) is 0 Å². The average Bonchev–Trinajstić information content (AvgIpc) is 2.55. The van der Waals surface area contributed by atoms with Crippen LogP contribution in [-0.2, 0) is 4.74 Å². The van der Waals surface area contributed by atoms with Crippen molar-refractivity contribution >= 4 is 17.7 Å². The number of benzene rings is 1. The fourth-order valence-electron chi connectivity index (χ4n) is 2.67. The number of hydrogen-bond acceptors (Lipinski definition) is 4. The molecule has 0 aromatic heterocycles. The summed E-state index contributed by atoms with van der Waals surface area (Å²) in [6, 6.07) is 6.71. The summed E-state index contributed by atoms with van der Waals surface area (Å²) in [6.07, 6.45) is 0. The predicted molar refractivity (Wildman–Crippen MR) is 87.1 cm³/mol. The first-order chi connectivity index (χ1) is 11.0. The molecule has 23 heavy (non-hydrogen) atoms. The van der Waals surface area contributed by atoms with E-state index in [9.17, 15) is 13.6 Å². The average molecular weight is 344 g/mol. The third kappa shape index (κ3) is 5.16. The van der Waals surface area contributed by atoms with Crippen molar-refractivity contribution in [3.05, 3.63) is 29.8 Å². The minimum Gasteiger partial charge on any atom is -0.383 e. The van der Waals surface area contributed by atoms with Crippen LogP contribution >= 0.6 is 11.8 Å². The largest absolute Gasteiger partial charge is 0.383 e. The summed E-state index contributed by atoms with van der Waals surface area (Å²) in [5.74, 6) is -2.49. The molecule has 0 N–H and O–H groups in total. The first-order valence-electron chi connectivity index (χ1n) is 7.58. The van der Waals surface area contributed by atoms with Crippen molar-refractivity contribution in [2.45, 2.75) is 23.6 Å². The van der Waals surface area contributed by atoms with Crippen molar-refractivity contribution in [1.82, 2.24) is 9.80 Å². The van der Waals surface area contributed by atoms with Crippen molar-refractivity contribution in [1.29, 1.82) is 0 Å². The highest BCUT2D eigenvalue weighted by Crippen LogP contribution is 2.25. The van der Waals surface area contributed by atoms with Gasteiger partial charge in [0, 0.05) is 49.8 Å². The number of alkyl halides is 2. The van der Waals surface area contributed by atoms with E-state index < -0.39 is 5.76 Å². The Morgan fingerprint density at radius 1 is 1.22 bits per heavy atom. The standard InChI is InChI=1S/C16H22F2N2O2S/c1-12(11-22-2)19-7-9-20(10-8-19)15(21)13-3-5-14(6-4-13)23-16(17)18/h3-6,12,16H,7-11H2,1-2H3/t12-/m0/s1. The number of carbonyl (C=O) groups is 1. The van der Waals surface area contributed by atoms with Gasteiger partial charge >= 0.3 is 0 Å². The van der Waals surface area contributed by atoms with Gasteiger partial charge < -0.3 is 9.64 Å². The number of piperazine rings is 1. The lowest BCUT2D eigenvalue weighted by molar-refractivity contribution is 0.0449. The maximum atomic E-state index is 12.5. The highest BCUT2D eigenvalue weighted by atomic mass is 32.2. The Balaban J connectivity index is 1.89. The maximum Gasteiger partial charge on any atom is 0.288 e. The Bertz CT molecular complexity index is 505. The highest BCUT2D eigenvalue weighted by molar-refractivity contribution is 7.99. The van der Waals surface area contributed by atoms with E-state index >= 15 is 0 Å². The van der Waals surface area contributed by atoms with E-state index in [1.807, 2.05) is 4.90 Å². The van der Waals surface area contributed by atoms with Gasteiger partial charge in [0.25, 0.3) is 11.7 Å². The lowest BCUT2D eigenvalue weighted by Gasteiger charge is -2.37. The summed E-state index contributed by atoms with van der Waals surface area (Å²) in [5, 5.41) is 0. The Kier molecular flexibility index (Phi) is 6.80. The summed E-state index contributed by atoms with van der Waals surface area (Å²) >= 11 is 0.486. The van der Waals surface area contributed by atoms with Crippen molar-refractivity contribution in [3.63, 3.8) is 0 Å². The third-order valence-corrected chi connectivity index (χ3v) is 4.68. The fraction of sp³-hybridized carbons (Fsp3) is 0.562. The number of hydrogen-bond donors (Lipinski definition) is 0. The molecule has 7 heteroatoms. The number of carbonyl (C=O) groups excluding carboxylic acids is 1. The molecule has 0 radical (unpaired) electrons. The topological polar surface area (TPSA) is 32.8 Å². The smallest absolute Gasteiger partial charge is 0.288 e. The van der Waals surface area contributed by atoms with Gasteiger partial charge in [0.05, 0.1) is 6.61 Å². The number of ether oxygens (including phenoxy) is 1. The summed E-state index contributed by atoms with van der Waals surface area (Å²) in [5.41, 5.74) is 0.544. The molecule has 1 amide bonds. The summed E-state index contributed by atoms with van der Waals surface area (Å²) in [4.78, 5) is 17.0. The first-order valence-corrected chi connectivity index (χ1v) is 8.46. The van der Waals surface area contributed by atoms with Gasteiger partial charge in [-0.25, -0.2) is 0 Å². The SMILES string of the molecule is COC[C@H](C)N1CCN(C(=O)c2ccc(SC(F)F)cc2)CC1. The summed E-state index contributed by atoms with van der Waals surface area (Å²) in [7, 11) is 1.69. The minimum absolute atomic E-state index is 0.0439. The summed E-state index contributed by atoms with van der Waals surface area (Å²) < 4.78 is 29.8. The van der Waals surface area contributed by atoms with E-state index in [0.717, 1.165) is 13.1 Å². The molecule has 0 bridgehead atoms. The highest BCUT2D eigenvalue weighted by Gasteiger charge is 2.24. The van der Waals surface area contributed by atoms with Gasteiger partial charge in [-0.3, -0.25) is 9.69 Å². The van der Waals surface area contributed by atoms with Gasteiger partial charge in [0.2, 0.25) is 0 Å². The van der Waals surface area contributed by atoms with E-state index in [2.05, 4.69) is 11.8 Å². The van der Waals surface area contributed by atoms with E-state index in [1.165, 1.54) is 0 Å². The molecule has 0 spiro atoms. The van der Waals surface area contributed by atoms with Crippen molar-refractivity contribution in [2.75, 3.05) is 39.9 Å². The van der Waals surface area contributed by atoms with Gasteiger partial charge in [-0.05, 0) is 31.2 Å². The zero-order chi connectivity index (χ0) is 16.8. The zero-order valence-electron chi connectivity index (χ0n) is 13.4. The Morgan fingerprint density at radius 2 is 1.83 bits per heavy atom. The molecule has 1 fully saturated rings. The quantitative estimate of drug-likeness (QED) is 0.743. The molecule has 0 unspecified atom stereocenters. The fourth-order valence-corrected chi connectivity index (χ4v) is 3.17. The number of nitrogens with zero attached hydrogens (tertiary/aromatic N) is 2. The molecule has 2 rings (SSSR count). The molecule has 4 nitrogen and oxygen atoms in total. The molecule has 128 valence electrons. The van der Waals surface area contributed by atoms with Crippen LogP contribution in [0.15, 0.2) is 29.2 Å².